The minimum absolute atomic E-state index is 0.637. The van der Waals surface area contributed by atoms with Crippen molar-refractivity contribution in [2.75, 3.05) is 5.32 Å². The van der Waals surface area contributed by atoms with Crippen molar-refractivity contribution in [2.45, 2.75) is 13.5 Å². The number of hydrogen-bond donors (Lipinski definition) is 1. The summed E-state index contributed by atoms with van der Waals surface area (Å²) in [5.41, 5.74) is 2.14. The van der Waals surface area contributed by atoms with E-state index in [0.29, 0.717) is 12.5 Å². The molecule has 4 nitrogen and oxygen atoms in total. The Balaban J connectivity index is 1.96. The van der Waals surface area contributed by atoms with Crippen molar-refractivity contribution in [3.8, 4) is 0 Å². The van der Waals surface area contributed by atoms with Crippen molar-refractivity contribution in [2.24, 2.45) is 0 Å². The zero-order chi connectivity index (χ0) is 10.5. The fourth-order valence-corrected chi connectivity index (χ4v) is 1.17. The zero-order valence-corrected chi connectivity index (χ0v) is 8.51. The lowest BCUT2D eigenvalue weighted by atomic mass is 10.2. The lowest BCUT2D eigenvalue weighted by molar-refractivity contribution is 1.03. The third-order valence-corrected chi connectivity index (χ3v) is 1.99. The fourth-order valence-electron chi connectivity index (χ4n) is 1.17. The van der Waals surface area contributed by atoms with E-state index in [9.17, 15) is 0 Å². The van der Waals surface area contributed by atoms with Crippen molar-refractivity contribution < 1.29 is 0 Å². The first-order valence-electron chi connectivity index (χ1n) is 4.77. The maximum atomic E-state index is 4.21. The molecule has 0 saturated heterocycles. The number of nitrogens with one attached hydrogen (secondary N) is 1. The van der Waals surface area contributed by atoms with Crippen LogP contribution in [-0.4, -0.2) is 15.0 Å². The van der Waals surface area contributed by atoms with Crippen LogP contribution < -0.4 is 5.32 Å². The average Bonchev–Trinajstić information content (AvgIpc) is 2.30. The number of rotatable bonds is 3. The van der Waals surface area contributed by atoms with Crippen LogP contribution in [0.15, 0.2) is 36.8 Å². The van der Waals surface area contributed by atoms with Crippen LogP contribution in [0.25, 0.3) is 0 Å². The Morgan fingerprint density at radius 3 is 2.60 bits per heavy atom. The first-order chi connectivity index (χ1) is 7.34. The zero-order valence-electron chi connectivity index (χ0n) is 8.51. The molecule has 0 unspecified atom stereocenters. The number of anilines is 1. The van der Waals surface area contributed by atoms with E-state index < -0.39 is 0 Å². The summed E-state index contributed by atoms with van der Waals surface area (Å²) in [6, 6.07) is 5.82. The van der Waals surface area contributed by atoms with E-state index in [0.717, 1.165) is 11.3 Å². The quantitative estimate of drug-likeness (QED) is 0.820. The van der Waals surface area contributed by atoms with Gasteiger partial charge in [0.2, 0.25) is 5.95 Å². The van der Waals surface area contributed by atoms with Gasteiger partial charge in [-0.3, -0.25) is 4.98 Å². The molecule has 0 aromatic carbocycles. The maximum absolute atomic E-state index is 4.21. The summed E-state index contributed by atoms with van der Waals surface area (Å²) in [4.78, 5) is 12.3. The minimum Gasteiger partial charge on any atom is -0.350 e. The van der Waals surface area contributed by atoms with Gasteiger partial charge in [0, 0.05) is 30.8 Å². The van der Waals surface area contributed by atoms with Crippen LogP contribution in [0.4, 0.5) is 5.95 Å². The lowest BCUT2D eigenvalue weighted by Crippen LogP contribution is -2.03. The summed E-state index contributed by atoms with van der Waals surface area (Å²) in [5, 5.41) is 3.12. The Morgan fingerprint density at radius 1 is 1.13 bits per heavy atom. The molecule has 15 heavy (non-hydrogen) atoms. The molecule has 0 fully saturated rings. The molecule has 0 atom stereocenters. The van der Waals surface area contributed by atoms with Crippen molar-refractivity contribution in [1.29, 1.82) is 0 Å². The van der Waals surface area contributed by atoms with E-state index in [1.54, 1.807) is 18.5 Å². The van der Waals surface area contributed by atoms with E-state index in [4.69, 9.17) is 0 Å². The van der Waals surface area contributed by atoms with Gasteiger partial charge in [0.15, 0.2) is 0 Å². The summed E-state index contributed by atoms with van der Waals surface area (Å²) in [6.07, 6.45) is 5.27. The second-order valence-electron chi connectivity index (χ2n) is 3.23. The molecule has 0 bridgehead atoms. The highest BCUT2D eigenvalue weighted by Crippen LogP contribution is 2.02. The number of nitrogens with zero attached hydrogens (tertiary/aromatic N) is 3. The summed E-state index contributed by atoms with van der Waals surface area (Å²) in [5.74, 6) is 0.637. The molecule has 0 amide bonds. The number of aryl methyl sites for hydroxylation is 1. The first-order valence-corrected chi connectivity index (χ1v) is 4.77. The normalized spacial score (nSPS) is 9.93. The lowest BCUT2D eigenvalue weighted by Gasteiger charge is -2.03. The number of hydrogen-bond acceptors (Lipinski definition) is 4. The van der Waals surface area contributed by atoms with Gasteiger partial charge in [-0.2, -0.15) is 0 Å². The summed E-state index contributed by atoms with van der Waals surface area (Å²) < 4.78 is 0. The monoisotopic (exact) mass is 200 g/mol. The van der Waals surface area contributed by atoms with Crippen LogP contribution in [-0.2, 0) is 6.54 Å². The van der Waals surface area contributed by atoms with Crippen molar-refractivity contribution in [3.05, 3.63) is 48.0 Å². The van der Waals surface area contributed by atoms with Gasteiger partial charge in [0.05, 0.1) is 0 Å². The molecule has 0 aliphatic rings. The predicted octanol–water partition coefficient (Wildman–Crippen LogP) is 1.79. The van der Waals surface area contributed by atoms with Crippen LogP contribution in [0.3, 0.4) is 0 Å². The second-order valence-corrected chi connectivity index (χ2v) is 3.23. The summed E-state index contributed by atoms with van der Waals surface area (Å²) in [6.45, 7) is 2.66. The molecule has 0 radical (unpaired) electrons. The van der Waals surface area contributed by atoms with Crippen molar-refractivity contribution >= 4 is 5.95 Å². The molecule has 2 aromatic heterocycles. The van der Waals surface area contributed by atoms with Gasteiger partial charge in [0.1, 0.15) is 0 Å². The molecule has 0 saturated carbocycles. The van der Waals surface area contributed by atoms with Crippen LogP contribution >= 0.6 is 0 Å². The summed E-state index contributed by atoms with van der Waals surface area (Å²) >= 11 is 0. The second kappa shape index (κ2) is 4.50. The Morgan fingerprint density at radius 2 is 1.93 bits per heavy atom. The molecule has 2 rings (SSSR count). The molecule has 0 aliphatic carbocycles. The Hall–Kier alpha value is -1.97. The Labute approximate surface area is 88.4 Å². The van der Waals surface area contributed by atoms with Gasteiger partial charge in [-0.15, -0.1) is 0 Å². The Bertz CT molecular complexity index is 410. The highest BCUT2D eigenvalue weighted by atomic mass is 15.1. The number of aromatic nitrogens is 3. The van der Waals surface area contributed by atoms with Gasteiger partial charge in [-0.1, -0.05) is 6.07 Å². The van der Waals surface area contributed by atoms with E-state index in [1.165, 1.54) is 0 Å². The smallest absolute Gasteiger partial charge is 0.222 e. The fraction of sp³-hybridized carbons (Fsp3) is 0.182. The van der Waals surface area contributed by atoms with Gasteiger partial charge in [-0.05, 0) is 24.6 Å². The largest absolute Gasteiger partial charge is 0.350 e. The van der Waals surface area contributed by atoms with Crippen molar-refractivity contribution in [1.82, 2.24) is 15.0 Å². The van der Waals surface area contributed by atoms with E-state index in [2.05, 4.69) is 20.3 Å². The van der Waals surface area contributed by atoms with Gasteiger partial charge in [0.25, 0.3) is 0 Å². The molecule has 0 aliphatic heterocycles. The van der Waals surface area contributed by atoms with E-state index in [-0.39, 0.29) is 0 Å². The molecule has 2 aromatic rings. The topological polar surface area (TPSA) is 50.7 Å². The molecule has 1 N–H and O–H groups in total. The van der Waals surface area contributed by atoms with E-state index in [1.807, 2.05) is 25.3 Å². The molecule has 0 spiro atoms. The molecule has 2 heterocycles. The minimum atomic E-state index is 0.637. The highest BCUT2D eigenvalue weighted by molar-refractivity contribution is 5.25. The predicted molar refractivity (Wildman–Crippen MR) is 58.3 cm³/mol. The third kappa shape index (κ3) is 2.74. The van der Waals surface area contributed by atoms with E-state index >= 15 is 0 Å². The van der Waals surface area contributed by atoms with Gasteiger partial charge in [-0.25, -0.2) is 9.97 Å². The van der Waals surface area contributed by atoms with Gasteiger partial charge < -0.3 is 5.32 Å². The standard InChI is InChI=1S/C11H12N4/c1-9-3-4-10(7-14-9)8-15-11-12-5-2-6-13-11/h2-7H,8H2,1H3,(H,12,13,15). The summed E-state index contributed by atoms with van der Waals surface area (Å²) in [7, 11) is 0. The Kier molecular flexibility index (Phi) is 2.88. The van der Waals surface area contributed by atoms with Gasteiger partial charge >= 0.3 is 0 Å². The van der Waals surface area contributed by atoms with Crippen LogP contribution in [0, 0.1) is 6.92 Å². The number of pyridine rings is 1. The first kappa shape index (κ1) is 9.58. The van der Waals surface area contributed by atoms with Crippen LogP contribution in [0.1, 0.15) is 11.3 Å². The SMILES string of the molecule is Cc1ccc(CNc2ncccn2)cn1. The highest BCUT2D eigenvalue weighted by Gasteiger charge is 1.95. The maximum Gasteiger partial charge on any atom is 0.222 e. The molecular weight excluding hydrogens is 188 g/mol. The van der Waals surface area contributed by atoms with Crippen LogP contribution in [0.5, 0.6) is 0 Å². The van der Waals surface area contributed by atoms with Crippen molar-refractivity contribution in [3.63, 3.8) is 0 Å². The third-order valence-electron chi connectivity index (χ3n) is 1.99. The molecule has 76 valence electrons. The molecule has 4 heteroatoms. The average molecular weight is 200 g/mol. The molecular formula is C11H12N4. The van der Waals surface area contributed by atoms with Crippen LogP contribution in [0.2, 0.25) is 0 Å².